The molecule has 1 unspecified atom stereocenters. The predicted molar refractivity (Wildman–Crippen MR) is 91.0 cm³/mol. The van der Waals surface area contributed by atoms with Gasteiger partial charge in [-0.05, 0) is 30.2 Å². The molecule has 2 aromatic carbocycles. The van der Waals surface area contributed by atoms with Gasteiger partial charge in [0, 0.05) is 17.2 Å². The largest absolute Gasteiger partial charge is 0.325 e. The minimum absolute atomic E-state index is 0.0266. The molecular formula is C17H14ClN3O4. The number of urea groups is 1. The number of nitrogens with one attached hydrogen (secondary N) is 1. The molecule has 1 atom stereocenters. The zero-order valence-corrected chi connectivity index (χ0v) is 14.0. The van der Waals surface area contributed by atoms with Crippen LogP contribution < -0.4 is 5.32 Å². The number of hydrogen-bond donors (Lipinski definition) is 1. The van der Waals surface area contributed by atoms with Gasteiger partial charge >= 0.3 is 6.03 Å². The first-order valence-corrected chi connectivity index (χ1v) is 7.82. The SMILES string of the molecule is CC1(c2cccc(Cl)c2)NC(=O)N(Cc2ccc([N+](=O)[O-])cc2)C1=O. The van der Waals surface area contributed by atoms with Gasteiger partial charge in [-0.3, -0.25) is 19.8 Å². The van der Waals surface area contributed by atoms with Gasteiger partial charge in [0.05, 0.1) is 11.5 Å². The highest BCUT2D eigenvalue weighted by Crippen LogP contribution is 2.31. The van der Waals surface area contributed by atoms with Gasteiger partial charge in [0.15, 0.2) is 0 Å². The van der Waals surface area contributed by atoms with Gasteiger partial charge in [-0.1, -0.05) is 35.9 Å². The van der Waals surface area contributed by atoms with Crippen LogP contribution in [-0.2, 0) is 16.9 Å². The van der Waals surface area contributed by atoms with E-state index >= 15 is 0 Å². The molecule has 3 amide bonds. The Labute approximate surface area is 148 Å². The molecule has 1 aliphatic rings. The average molecular weight is 360 g/mol. The van der Waals surface area contributed by atoms with Crippen molar-refractivity contribution < 1.29 is 14.5 Å². The Kier molecular flexibility index (Phi) is 4.18. The number of halogens is 1. The van der Waals surface area contributed by atoms with Crippen molar-refractivity contribution in [2.24, 2.45) is 0 Å². The normalized spacial score (nSPS) is 19.8. The first-order valence-electron chi connectivity index (χ1n) is 7.45. The molecule has 8 heteroatoms. The number of nitrogens with zero attached hydrogens (tertiary/aromatic N) is 2. The molecule has 1 N–H and O–H groups in total. The van der Waals surface area contributed by atoms with Crippen molar-refractivity contribution in [3.63, 3.8) is 0 Å². The number of amides is 3. The zero-order valence-electron chi connectivity index (χ0n) is 13.2. The van der Waals surface area contributed by atoms with Crippen LogP contribution in [0.5, 0.6) is 0 Å². The van der Waals surface area contributed by atoms with Crippen LogP contribution >= 0.6 is 11.6 Å². The van der Waals surface area contributed by atoms with Gasteiger partial charge in [0.25, 0.3) is 11.6 Å². The first kappa shape index (κ1) is 16.9. The number of non-ortho nitro benzene ring substituents is 1. The van der Waals surface area contributed by atoms with Crippen molar-refractivity contribution in [1.82, 2.24) is 10.2 Å². The topological polar surface area (TPSA) is 92.6 Å². The zero-order chi connectivity index (χ0) is 18.2. The summed E-state index contributed by atoms with van der Waals surface area (Å²) in [5.41, 5.74) is -0.0540. The van der Waals surface area contributed by atoms with Gasteiger partial charge < -0.3 is 5.32 Å². The fourth-order valence-electron chi connectivity index (χ4n) is 2.74. The lowest BCUT2D eigenvalue weighted by atomic mass is 9.92. The van der Waals surface area contributed by atoms with E-state index in [0.29, 0.717) is 16.1 Å². The van der Waals surface area contributed by atoms with E-state index in [-0.39, 0.29) is 12.2 Å². The lowest BCUT2D eigenvalue weighted by Crippen LogP contribution is -2.40. The van der Waals surface area contributed by atoms with Crippen LogP contribution in [0.2, 0.25) is 5.02 Å². The van der Waals surface area contributed by atoms with Crippen LogP contribution in [0.1, 0.15) is 18.1 Å². The Morgan fingerprint density at radius 2 is 1.88 bits per heavy atom. The molecule has 0 radical (unpaired) electrons. The molecule has 3 rings (SSSR count). The quantitative estimate of drug-likeness (QED) is 0.515. The number of hydrogen-bond acceptors (Lipinski definition) is 4. The van der Waals surface area contributed by atoms with Crippen molar-refractivity contribution in [1.29, 1.82) is 0 Å². The number of imide groups is 1. The summed E-state index contributed by atoms with van der Waals surface area (Å²) >= 11 is 5.98. The monoisotopic (exact) mass is 359 g/mol. The van der Waals surface area contributed by atoms with Crippen molar-refractivity contribution in [2.75, 3.05) is 0 Å². The van der Waals surface area contributed by atoms with Crippen molar-refractivity contribution in [3.05, 3.63) is 74.8 Å². The second-order valence-corrected chi connectivity index (χ2v) is 6.32. The Balaban J connectivity index is 1.85. The fourth-order valence-corrected chi connectivity index (χ4v) is 2.93. The van der Waals surface area contributed by atoms with Crippen LogP contribution in [0, 0.1) is 10.1 Å². The number of rotatable bonds is 4. The number of carbonyl (C=O) groups is 2. The first-order chi connectivity index (χ1) is 11.8. The van der Waals surface area contributed by atoms with Crippen LogP contribution in [0.3, 0.4) is 0 Å². The maximum Gasteiger partial charge on any atom is 0.325 e. The molecule has 0 saturated carbocycles. The summed E-state index contributed by atoms with van der Waals surface area (Å²) in [6, 6.07) is 11.9. The Hall–Kier alpha value is -2.93. The highest BCUT2D eigenvalue weighted by molar-refractivity contribution is 6.30. The van der Waals surface area contributed by atoms with Crippen molar-refractivity contribution >= 4 is 29.2 Å². The molecule has 0 spiro atoms. The van der Waals surface area contributed by atoms with E-state index in [4.69, 9.17) is 11.6 Å². The second-order valence-electron chi connectivity index (χ2n) is 5.88. The third kappa shape index (κ3) is 3.06. The number of nitro groups is 1. The number of benzene rings is 2. The highest BCUT2D eigenvalue weighted by Gasteiger charge is 2.48. The van der Waals surface area contributed by atoms with Crippen LogP contribution in [-0.4, -0.2) is 21.8 Å². The Morgan fingerprint density at radius 1 is 1.20 bits per heavy atom. The lowest BCUT2D eigenvalue weighted by molar-refractivity contribution is -0.384. The molecule has 0 aliphatic carbocycles. The van der Waals surface area contributed by atoms with E-state index in [1.54, 1.807) is 31.2 Å². The lowest BCUT2D eigenvalue weighted by Gasteiger charge is -2.22. The molecular weight excluding hydrogens is 346 g/mol. The third-order valence-corrected chi connectivity index (χ3v) is 4.40. The molecule has 0 bridgehead atoms. The highest BCUT2D eigenvalue weighted by atomic mass is 35.5. The summed E-state index contributed by atoms with van der Waals surface area (Å²) in [7, 11) is 0. The summed E-state index contributed by atoms with van der Waals surface area (Å²) in [6.45, 7) is 1.65. The molecule has 0 aromatic heterocycles. The van der Waals surface area contributed by atoms with E-state index in [9.17, 15) is 19.7 Å². The van der Waals surface area contributed by atoms with E-state index in [1.165, 1.54) is 24.3 Å². The standard InChI is InChI=1S/C17H14ClN3O4/c1-17(12-3-2-4-13(18)9-12)15(22)20(16(23)19-17)10-11-5-7-14(8-6-11)21(24)25/h2-9H,10H2,1H3,(H,19,23). The average Bonchev–Trinajstić information content (AvgIpc) is 2.80. The van der Waals surface area contributed by atoms with E-state index in [1.807, 2.05) is 0 Å². The molecule has 2 aromatic rings. The fraction of sp³-hybridized carbons (Fsp3) is 0.176. The minimum Gasteiger partial charge on any atom is -0.319 e. The van der Waals surface area contributed by atoms with Crippen LogP contribution in [0.15, 0.2) is 48.5 Å². The van der Waals surface area contributed by atoms with Gasteiger partial charge in [0.1, 0.15) is 5.54 Å². The van der Waals surface area contributed by atoms with E-state index in [0.717, 1.165) is 4.90 Å². The molecule has 1 fully saturated rings. The molecule has 128 valence electrons. The maximum atomic E-state index is 12.8. The summed E-state index contributed by atoms with van der Waals surface area (Å²) in [4.78, 5) is 36.4. The molecule has 25 heavy (non-hydrogen) atoms. The summed E-state index contributed by atoms with van der Waals surface area (Å²) in [5.74, 6) is -0.405. The second kappa shape index (κ2) is 6.18. The van der Waals surface area contributed by atoms with Crippen molar-refractivity contribution in [3.8, 4) is 0 Å². The molecule has 1 saturated heterocycles. The third-order valence-electron chi connectivity index (χ3n) is 4.16. The van der Waals surface area contributed by atoms with Gasteiger partial charge in [-0.15, -0.1) is 0 Å². The van der Waals surface area contributed by atoms with Crippen LogP contribution in [0.4, 0.5) is 10.5 Å². The number of carbonyl (C=O) groups excluding carboxylic acids is 2. The maximum absolute atomic E-state index is 12.8. The predicted octanol–water partition coefficient (Wildman–Crippen LogP) is 3.22. The van der Waals surface area contributed by atoms with Gasteiger partial charge in [-0.25, -0.2) is 4.79 Å². The van der Waals surface area contributed by atoms with E-state index in [2.05, 4.69) is 5.32 Å². The molecule has 1 heterocycles. The molecule has 1 aliphatic heterocycles. The van der Waals surface area contributed by atoms with Gasteiger partial charge in [0.2, 0.25) is 0 Å². The van der Waals surface area contributed by atoms with E-state index < -0.39 is 22.4 Å². The van der Waals surface area contributed by atoms with Gasteiger partial charge in [-0.2, -0.15) is 0 Å². The minimum atomic E-state index is -1.21. The summed E-state index contributed by atoms with van der Waals surface area (Å²) in [6.07, 6.45) is 0. The summed E-state index contributed by atoms with van der Waals surface area (Å²) in [5, 5.41) is 13.9. The smallest absolute Gasteiger partial charge is 0.319 e. The summed E-state index contributed by atoms with van der Waals surface area (Å²) < 4.78 is 0. The number of nitro benzene ring substituents is 1. The Bertz CT molecular complexity index is 868. The van der Waals surface area contributed by atoms with Crippen molar-refractivity contribution in [2.45, 2.75) is 19.0 Å². The van der Waals surface area contributed by atoms with Crippen LogP contribution in [0.25, 0.3) is 0 Å². The Morgan fingerprint density at radius 3 is 2.48 bits per heavy atom. The molecule has 7 nitrogen and oxygen atoms in total.